The lowest BCUT2D eigenvalue weighted by molar-refractivity contribution is 0.0776. The van der Waals surface area contributed by atoms with Crippen LogP contribution >= 0.6 is 15.9 Å². The topological polar surface area (TPSA) is 46.3 Å². The Bertz CT molecular complexity index is 326. The number of alkyl halides is 1. The SMILES string of the molecule is O=C(c1ccon1)N1CCC(CCBr)C1. The number of aromatic nitrogens is 1. The van der Waals surface area contributed by atoms with Gasteiger partial charge >= 0.3 is 0 Å². The minimum Gasteiger partial charge on any atom is -0.364 e. The minimum atomic E-state index is -0.0131. The number of nitrogens with zero attached hydrogens (tertiary/aromatic N) is 2. The Morgan fingerprint density at radius 1 is 1.73 bits per heavy atom. The predicted octanol–water partition coefficient (Wildman–Crippen LogP) is 1.92. The molecule has 4 nitrogen and oxygen atoms in total. The third-order valence-electron chi connectivity index (χ3n) is 2.75. The fourth-order valence-electron chi connectivity index (χ4n) is 1.89. The molecule has 1 saturated heterocycles. The molecule has 2 heterocycles. The van der Waals surface area contributed by atoms with Gasteiger partial charge in [-0.15, -0.1) is 0 Å². The fraction of sp³-hybridized carbons (Fsp3) is 0.600. The second-order valence-corrected chi connectivity index (χ2v) is 4.56. The number of carbonyl (C=O) groups is 1. The molecule has 1 amide bonds. The summed E-state index contributed by atoms with van der Waals surface area (Å²) in [5.41, 5.74) is 0.412. The maximum absolute atomic E-state index is 11.8. The molecule has 1 aromatic heterocycles. The first-order valence-corrected chi connectivity index (χ1v) is 6.19. The highest BCUT2D eigenvalue weighted by atomic mass is 79.9. The summed E-state index contributed by atoms with van der Waals surface area (Å²) in [6.45, 7) is 1.68. The summed E-state index contributed by atoms with van der Waals surface area (Å²) >= 11 is 3.42. The van der Waals surface area contributed by atoms with Crippen LogP contribution in [0.15, 0.2) is 16.9 Å². The highest BCUT2D eigenvalue weighted by molar-refractivity contribution is 9.09. The standard InChI is InChI=1S/C10H13BrN2O2/c11-4-1-8-2-5-13(7-8)10(14)9-3-6-15-12-9/h3,6,8H,1-2,4-5,7H2. The maximum Gasteiger partial charge on any atom is 0.276 e. The minimum absolute atomic E-state index is 0.0131. The van der Waals surface area contributed by atoms with Gasteiger partial charge in [0.1, 0.15) is 6.26 Å². The Hall–Kier alpha value is -0.840. The van der Waals surface area contributed by atoms with Crippen LogP contribution in [-0.2, 0) is 0 Å². The van der Waals surface area contributed by atoms with E-state index in [4.69, 9.17) is 0 Å². The number of amides is 1. The number of likely N-dealkylation sites (tertiary alicyclic amines) is 1. The Morgan fingerprint density at radius 3 is 3.27 bits per heavy atom. The molecular formula is C10H13BrN2O2. The average molecular weight is 273 g/mol. The molecule has 1 atom stereocenters. The first-order valence-electron chi connectivity index (χ1n) is 5.07. The molecule has 82 valence electrons. The molecule has 1 fully saturated rings. The van der Waals surface area contributed by atoms with Crippen LogP contribution in [0.5, 0.6) is 0 Å². The monoisotopic (exact) mass is 272 g/mol. The molecule has 0 radical (unpaired) electrons. The van der Waals surface area contributed by atoms with E-state index in [0.29, 0.717) is 11.6 Å². The number of rotatable bonds is 3. The van der Waals surface area contributed by atoms with Crippen molar-refractivity contribution in [2.24, 2.45) is 5.92 Å². The van der Waals surface area contributed by atoms with Gasteiger partial charge in [0, 0.05) is 24.5 Å². The molecule has 2 rings (SSSR count). The summed E-state index contributed by atoms with van der Waals surface area (Å²) in [6, 6.07) is 1.61. The van der Waals surface area contributed by atoms with E-state index in [1.165, 1.54) is 6.26 Å². The molecule has 0 saturated carbocycles. The van der Waals surface area contributed by atoms with E-state index in [1.54, 1.807) is 6.07 Å². The van der Waals surface area contributed by atoms with Crippen molar-refractivity contribution in [2.45, 2.75) is 12.8 Å². The van der Waals surface area contributed by atoms with Gasteiger partial charge in [-0.2, -0.15) is 0 Å². The lowest BCUT2D eigenvalue weighted by atomic mass is 10.1. The van der Waals surface area contributed by atoms with Crippen molar-refractivity contribution in [2.75, 3.05) is 18.4 Å². The van der Waals surface area contributed by atoms with Gasteiger partial charge in [-0.25, -0.2) is 0 Å². The molecule has 5 heteroatoms. The van der Waals surface area contributed by atoms with E-state index in [1.807, 2.05) is 4.90 Å². The normalized spacial score (nSPS) is 20.9. The molecule has 0 aromatic carbocycles. The molecule has 0 spiro atoms. The lowest BCUT2D eigenvalue weighted by Crippen LogP contribution is -2.28. The maximum atomic E-state index is 11.8. The van der Waals surface area contributed by atoms with Crippen molar-refractivity contribution in [3.63, 3.8) is 0 Å². The van der Waals surface area contributed by atoms with Gasteiger partial charge in [-0.3, -0.25) is 4.79 Å². The van der Waals surface area contributed by atoms with Crippen LogP contribution in [0.4, 0.5) is 0 Å². The summed E-state index contributed by atoms with van der Waals surface area (Å²) in [4.78, 5) is 13.7. The molecule has 1 aromatic rings. The van der Waals surface area contributed by atoms with Gasteiger partial charge in [0.05, 0.1) is 0 Å². The zero-order valence-corrected chi connectivity index (χ0v) is 9.94. The van der Waals surface area contributed by atoms with Crippen molar-refractivity contribution < 1.29 is 9.32 Å². The zero-order valence-electron chi connectivity index (χ0n) is 8.36. The number of halogens is 1. The third kappa shape index (κ3) is 2.40. The van der Waals surface area contributed by atoms with Crippen molar-refractivity contribution >= 4 is 21.8 Å². The summed E-state index contributed by atoms with van der Waals surface area (Å²) in [7, 11) is 0. The van der Waals surface area contributed by atoms with E-state index < -0.39 is 0 Å². The van der Waals surface area contributed by atoms with E-state index in [9.17, 15) is 4.79 Å². The Kier molecular flexibility index (Phi) is 3.41. The highest BCUT2D eigenvalue weighted by Gasteiger charge is 2.27. The van der Waals surface area contributed by atoms with Gasteiger partial charge in [-0.1, -0.05) is 21.1 Å². The van der Waals surface area contributed by atoms with E-state index in [-0.39, 0.29) is 5.91 Å². The predicted molar refractivity (Wildman–Crippen MR) is 58.9 cm³/mol. The first kappa shape index (κ1) is 10.7. The van der Waals surface area contributed by atoms with Gasteiger partial charge in [-0.05, 0) is 18.8 Å². The molecule has 15 heavy (non-hydrogen) atoms. The zero-order chi connectivity index (χ0) is 10.7. The first-order chi connectivity index (χ1) is 7.31. The number of hydrogen-bond donors (Lipinski definition) is 0. The van der Waals surface area contributed by atoms with Gasteiger partial charge in [0.2, 0.25) is 0 Å². The van der Waals surface area contributed by atoms with Gasteiger partial charge in [0.25, 0.3) is 5.91 Å². The largest absolute Gasteiger partial charge is 0.364 e. The smallest absolute Gasteiger partial charge is 0.276 e. The second kappa shape index (κ2) is 4.79. The van der Waals surface area contributed by atoms with E-state index in [2.05, 4.69) is 25.6 Å². The van der Waals surface area contributed by atoms with E-state index >= 15 is 0 Å². The highest BCUT2D eigenvalue weighted by Crippen LogP contribution is 2.21. The van der Waals surface area contributed by atoms with Gasteiger partial charge in [0.15, 0.2) is 5.69 Å². The lowest BCUT2D eigenvalue weighted by Gasteiger charge is -2.14. The Balaban J connectivity index is 1.93. The molecule has 0 bridgehead atoms. The second-order valence-electron chi connectivity index (χ2n) is 3.77. The third-order valence-corrected chi connectivity index (χ3v) is 3.21. The van der Waals surface area contributed by atoms with Crippen LogP contribution in [0, 0.1) is 5.92 Å². The number of hydrogen-bond acceptors (Lipinski definition) is 3. The van der Waals surface area contributed by atoms with Crippen molar-refractivity contribution in [1.82, 2.24) is 10.1 Å². The molecule has 1 aliphatic heterocycles. The van der Waals surface area contributed by atoms with Crippen LogP contribution in [0.25, 0.3) is 0 Å². The number of carbonyl (C=O) groups excluding carboxylic acids is 1. The van der Waals surface area contributed by atoms with Crippen LogP contribution in [0.3, 0.4) is 0 Å². The summed E-state index contributed by atoms with van der Waals surface area (Å²) in [5.74, 6) is 0.612. The fourth-order valence-corrected chi connectivity index (χ4v) is 2.54. The average Bonchev–Trinajstić information content (AvgIpc) is 2.87. The summed E-state index contributed by atoms with van der Waals surface area (Å²) in [6.07, 6.45) is 3.65. The Labute approximate surface area is 96.7 Å². The van der Waals surface area contributed by atoms with Crippen LogP contribution in [0.2, 0.25) is 0 Å². The quantitative estimate of drug-likeness (QED) is 0.790. The molecular weight excluding hydrogens is 260 g/mol. The molecule has 1 aliphatic rings. The van der Waals surface area contributed by atoms with Crippen LogP contribution in [-0.4, -0.2) is 34.4 Å². The Morgan fingerprint density at radius 2 is 2.60 bits per heavy atom. The molecule has 0 aliphatic carbocycles. The molecule has 0 N–H and O–H groups in total. The van der Waals surface area contributed by atoms with Crippen LogP contribution < -0.4 is 0 Å². The van der Waals surface area contributed by atoms with E-state index in [0.717, 1.165) is 31.3 Å². The van der Waals surface area contributed by atoms with Crippen molar-refractivity contribution in [1.29, 1.82) is 0 Å². The van der Waals surface area contributed by atoms with Crippen molar-refractivity contribution in [3.05, 3.63) is 18.0 Å². The van der Waals surface area contributed by atoms with Crippen molar-refractivity contribution in [3.8, 4) is 0 Å². The van der Waals surface area contributed by atoms with Crippen LogP contribution in [0.1, 0.15) is 23.3 Å². The summed E-state index contributed by atoms with van der Waals surface area (Å²) < 4.78 is 4.66. The summed E-state index contributed by atoms with van der Waals surface area (Å²) in [5, 5.41) is 4.66. The van der Waals surface area contributed by atoms with Gasteiger partial charge < -0.3 is 9.42 Å². The molecule has 1 unspecified atom stereocenters.